The minimum Gasteiger partial charge on any atom is -0.378 e. The van der Waals surface area contributed by atoms with Crippen molar-refractivity contribution >= 4 is 11.8 Å². The van der Waals surface area contributed by atoms with Gasteiger partial charge >= 0.3 is 0 Å². The first kappa shape index (κ1) is 14.7. The van der Waals surface area contributed by atoms with Crippen LogP contribution in [0.4, 0.5) is 0 Å². The molecule has 21 heavy (non-hydrogen) atoms. The maximum Gasteiger partial charge on any atom is 0.242 e. The molecule has 2 aliphatic heterocycles. The zero-order valence-electron chi connectivity index (χ0n) is 12.3. The van der Waals surface area contributed by atoms with E-state index in [1.165, 1.54) is 0 Å². The Kier molecular flexibility index (Phi) is 4.72. The Bertz CT molecular complexity index is 386. The van der Waals surface area contributed by atoms with Crippen LogP contribution in [0.3, 0.4) is 0 Å². The second-order valence-corrected chi connectivity index (χ2v) is 6.02. The topological polar surface area (TPSA) is 73.9 Å². The van der Waals surface area contributed by atoms with Gasteiger partial charge in [-0.25, -0.2) is 0 Å². The standard InChI is InChI=1S/C14H24N4O3/c19-13(16-11-1-2-11)9-17-4-6-18(7-5-17)14(20)12-10-21-8-3-15-12/h11-12,15H,1-10H2,(H,16,19). The average Bonchev–Trinajstić information content (AvgIpc) is 3.32. The molecule has 2 amide bonds. The predicted octanol–water partition coefficient (Wildman–Crippen LogP) is -1.60. The van der Waals surface area contributed by atoms with E-state index in [1.54, 1.807) is 0 Å². The molecule has 1 saturated carbocycles. The molecular formula is C14H24N4O3. The molecule has 2 heterocycles. The summed E-state index contributed by atoms with van der Waals surface area (Å²) in [4.78, 5) is 28.1. The number of rotatable bonds is 4. The summed E-state index contributed by atoms with van der Waals surface area (Å²) in [5.41, 5.74) is 0. The van der Waals surface area contributed by atoms with E-state index in [2.05, 4.69) is 15.5 Å². The van der Waals surface area contributed by atoms with Crippen molar-refractivity contribution in [2.75, 3.05) is 52.5 Å². The number of amides is 2. The minimum absolute atomic E-state index is 0.111. The molecule has 3 rings (SSSR count). The molecule has 2 N–H and O–H groups in total. The van der Waals surface area contributed by atoms with Gasteiger partial charge in [0.25, 0.3) is 0 Å². The molecule has 0 aromatic rings. The van der Waals surface area contributed by atoms with Gasteiger partial charge in [-0.2, -0.15) is 0 Å². The number of nitrogens with zero attached hydrogens (tertiary/aromatic N) is 2. The van der Waals surface area contributed by atoms with Crippen LogP contribution in [0.1, 0.15) is 12.8 Å². The maximum absolute atomic E-state index is 12.3. The van der Waals surface area contributed by atoms with Crippen LogP contribution >= 0.6 is 0 Å². The highest BCUT2D eigenvalue weighted by molar-refractivity contribution is 5.82. The van der Waals surface area contributed by atoms with Crippen LogP contribution in [-0.4, -0.2) is 86.2 Å². The van der Waals surface area contributed by atoms with Crippen LogP contribution in [0.2, 0.25) is 0 Å². The predicted molar refractivity (Wildman–Crippen MR) is 76.8 cm³/mol. The molecule has 7 nitrogen and oxygen atoms in total. The number of carbonyl (C=O) groups is 2. The lowest BCUT2D eigenvalue weighted by Gasteiger charge is -2.36. The first-order chi connectivity index (χ1) is 10.2. The summed E-state index contributed by atoms with van der Waals surface area (Å²) in [5.74, 6) is 0.233. The van der Waals surface area contributed by atoms with Crippen LogP contribution < -0.4 is 10.6 Å². The summed E-state index contributed by atoms with van der Waals surface area (Å²) >= 11 is 0. The summed E-state index contributed by atoms with van der Waals surface area (Å²) < 4.78 is 5.34. The summed E-state index contributed by atoms with van der Waals surface area (Å²) in [6.45, 7) is 5.22. The van der Waals surface area contributed by atoms with Crippen molar-refractivity contribution in [3.8, 4) is 0 Å². The Morgan fingerprint density at radius 2 is 1.95 bits per heavy atom. The van der Waals surface area contributed by atoms with Crippen LogP contribution in [0.15, 0.2) is 0 Å². The highest BCUT2D eigenvalue weighted by atomic mass is 16.5. The molecule has 118 valence electrons. The van der Waals surface area contributed by atoms with E-state index in [4.69, 9.17) is 4.74 Å². The van der Waals surface area contributed by atoms with Crippen molar-refractivity contribution in [2.24, 2.45) is 0 Å². The van der Waals surface area contributed by atoms with Crippen LogP contribution in [0.5, 0.6) is 0 Å². The molecule has 0 spiro atoms. The van der Waals surface area contributed by atoms with Gasteiger partial charge < -0.3 is 20.3 Å². The number of nitrogens with one attached hydrogen (secondary N) is 2. The molecule has 0 bridgehead atoms. The Morgan fingerprint density at radius 3 is 2.57 bits per heavy atom. The number of hydrogen-bond acceptors (Lipinski definition) is 5. The van der Waals surface area contributed by atoms with E-state index in [0.29, 0.717) is 38.9 Å². The van der Waals surface area contributed by atoms with Crippen molar-refractivity contribution in [3.05, 3.63) is 0 Å². The van der Waals surface area contributed by atoms with E-state index in [-0.39, 0.29) is 17.9 Å². The van der Waals surface area contributed by atoms with Crippen LogP contribution in [-0.2, 0) is 14.3 Å². The minimum atomic E-state index is -0.205. The van der Waals surface area contributed by atoms with E-state index in [0.717, 1.165) is 32.5 Å². The molecule has 0 aromatic carbocycles. The van der Waals surface area contributed by atoms with Gasteiger partial charge in [0.2, 0.25) is 11.8 Å². The number of hydrogen-bond donors (Lipinski definition) is 2. The monoisotopic (exact) mass is 296 g/mol. The Balaban J connectivity index is 1.39. The summed E-state index contributed by atoms with van der Waals surface area (Å²) in [5, 5.41) is 6.19. The second-order valence-electron chi connectivity index (χ2n) is 6.02. The lowest BCUT2D eigenvalue weighted by Crippen LogP contribution is -2.57. The SMILES string of the molecule is O=C(CN1CCN(C(=O)C2COCCN2)CC1)NC1CC1. The first-order valence-corrected chi connectivity index (χ1v) is 7.84. The third-order valence-corrected chi connectivity index (χ3v) is 4.21. The van der Waals surface area contributed by atoms with Gasteiger partial charge in [-0.15, -0.1) is 0 Å². The Hall–Kier alpha value is -1.18. The van der Waals surface area contributed by atoms with Crippen molar-refractivity contribution in [1.29, 1.82) is 0 Å². The van der Waals surface area contributed by atoms with Crippen molar-refractivity contribution in [1.82, 2.24) is 20.4 Å². The van der Waals surface area contributed by atoms with Crippen molar-refractivity contribution < 1.29 is 14.3 Å². The molecule has 3 fully saturated rings. The van der Waals surface area contributed by atoms with E-state index in [9.17, 15) is 9.59 Å². The van der Waals surface area contributed by atoms with Gasteiger partial charge in [-0.05, 0) is 12.8 Å². The average molecular weight is 296 g/mol. The largest absolute Gasteiger partial charge is 0.378 e. The summed E-state index contributed by atoms with van der Waals surface area (Å²) in [7, 11) is 0. The fraction of sp³-hybridized carbons (Fsp3) is 0.857. The molecule has 1 aliphatic carbocycles. The normalized spacial score (nSPS) is 27.4. The summed E-state index contributed by atoms with van der Waals surface area (Å²) in [6.07, 6.45) is 2.23. The fourth-order valence-electron chi connectivity index (χ4n) is 2.77. The van der Waals surface area contributed by atoms with Crippen molar-refractivity contribution in [3.63, 3.8) is 0 Å². The molecule has 2 saturated heterocycles. The third kappa shape index (κ3) is 4.15. The lowest BCUT2D eigenvalue weighted by molar-refractivity contribution is -0.138. The molecule has 1 unspecified atom stereocenters. The maximum atomic E-state index is 12.3. The molecule has 7 heteroatoms. The number of piperazine rings is 1. The van der Waals surface area contributed by atoms with Gasteiger partial charge in [-0.3, -0.25) is 14.5 Å². The summed E-state index contributed by atoms with van der Waals surface area (Å²) in [6, 6.07) is 0.209. The number of ether oxygens (including phenoxy) is 1. The van der Waals surface area contributed by atoms with Gasteiger partial charge in [0.05, 0.1) is 19.8 Å². The smallest absolute Gasteiger partial charge is 0.242 e. The van der Waals surface area contributed by atoms with Gasteiger partial charge in [-0.1, -0.05) is 0 Å². The molecule has 1 atom stereocenters. The lowest BCUT2D eigenvalue weighted by atomic mass is 10.2. The molecular weight excluding hydrogens is 272 g/mol. The fourth-order valence-corrected chi connectivity index (χ4v) is 2.77. The van der Waals surface area contributed by atoms with E-state index in [1.807, 2.05) is 4.90 Å². The number of carbonyl (C=O) groups excluding carboxylic acids is 2. The quantitative estimate of drug-likeness (QED) is 0.653. The number of morpholine rings is 1. The van der Waals surface area contributed by atoms with Gasteiger partial charge in [0.15, 0.2) is 0 Å². The van der Waals surface area contributed by atoms with E-state index < -0.39 is 0 Å². The molecule has 3 aliphatic rings. The first-order valence-electron chi connectivity index (χ1n) is 7.84. The van der Waals surface area contributed by atoms with Gasteiger partial charge in [0, 0.05) is 38.8 Å². The van der Waals surface area contributed by atoms with E-state index >= 15 is 0 Å². The zero-order valence-corrected chi connectivity index (χ0v) is 12.3. The second kappa shape index (κ2) is 6.72. The van der Waals surface area contributed by atoms with Crippen LogP contribution in [0, 0.1) is 0 Å². The van der Waals surface area contributed by atoms with Gasteiger partial charge in [0.1, 0.15) is 6.04 Å². The zero-order chi connectivity index (χ0) is 14.7. The third-order valence-electron chi connectivity index (χ3n) is 4.21. The molecule has 0 radical (unpaired) electrons. The van der Waals surface area contributed by atoms with Crippen LogP contribution in [0.25, 0.3) is 0 Å². The Morgan fingerprint density at radius 1 is 1.19 bits per heavy atom. The molecule has 0 aromatic heterocycles. The highest BCUT2D eigenvalue weighted by Gasteiger charge is 2.30. The highest BCUT2D eigenvalue weighted by Crippen LogP contribution is 2.18. The van der Waals surface area contributed by atoms with Crippen molar-refractivity contribution in [2.45, 2.75) is 24.9 Å². The Labute approximate surface area is 125 Å².